The first-order chi connectivity index (χ1) is 10.3. The highest BCUT2D eigenvalue weighted by molar-refractivity contribution is 5.65. The van der Waals surface area contributed by atoms with Crippen molar-refractivity contribution in [3.8, 4) is 11.1 Å². The van der Waals surface area contributed by atoms with Crippen LogP contribution in [0.1, 0.15) is 25.7 Å². The molecule has 0 spiro atoms. The SMILES string of the molecule is COC1CCC(Nc2ccc(-c3ccccc3)cc2)CC1. The summed E-state index contributed by atoms with van der Waals surface area (Å²) in [5.74, 6) is 0. The van der Waals surface area contributed by atoms with E-state index in [2.05, 4.69) is 59.9 Å². The van der Waals surface area contributed by atoms with E-state index in [0.717, 1.165) is 12.8 Å². The second-order valence-corrected chi connectivity index (χ2v) is 5.80. The Bertz CT molecular complexity index is 542. The van der Waals surface area contributed by atoms with Gasteiger partial charge in [0.25, 0.3) is 0 Å². The van der Waals surface area contributed by atoms with E-state index >= 15 is 0 Å². The quantitative estimate of drug-likeness (QED) is 0.875. The van der Waals surface area contributed by atoms with Crippen molar-refractivity contribution in [2.45, 2.75) is 37.8 Å². The Hall–Kier alpha value is -1.80. The van der Waals surface area contributed by atoms with Gasteiger partial charge in [-0.1, -0.05) is 42.5 Å². The third-order valence-electron chi connectivity index (χ3n) is 4.37. The first-order valence-corrected chi connectivity index (χ1v) is 7.80. The molecule has 1 aliphatic carbocycles. The third-order valence-corrected chi connectivity index (χ3v) is 4.37. The molecule has 2 aromatic carbocycles. The number of anilines is 1. The Kier molecular flexibility index (Phi) is 4.56. The summed E-state index contributed by atoms with van der Waals surface area (Å²) in [5, 5.41) is 3.65. The molecule has 0 atom stereocenters. The molecule has 0 radical (unpaired) electrons. The standard InChI is InChI=1S/C19H23NO/c1-21-19-13-11-18(12-14-19)20-17-9-7-16(8-10-17)15-5-3-2-4-6-15/h2-10,18-20H,11-14H2,1H3. The average molecular weight is 281 g/mol. The van der Waals surface area contributed by atoms with Crippen LogP contribution in [0.4, 0.5) is 5.69 Å². The van der Waals surface area contributed by atoms with E-state index in [1.807, 2.05) is 7.11 Å². The molecule has 0 heterocycles. The van der Waals surface area contributed by atoms with E-state index in [9.17, 15) is 0 Å². The molecule has 0 bridgehead atoms. The van der Waals surface area contributed by atoms with Gasteiger partial charge in [0.2, 0.25) is 0 Å². The summed E-state index contributed by atoms with van der Waals surface area (Å²) in [6, 6.07) is 19.8. The van der Waals surface area contributed by atoms with Gasteiger partial charge in [0.05, 0.1) is 6.10 Å². The minimum atomic E-state index is 0.462. The van der Waals surface area contributed by atoms with Crippen LogP contribution in [0.25, 0.3) is 11.1 Å². The van der Waals surface area contributed by atoms with Gasteiger partial charge in [-0.15, -0.1) is 0 Å². The predicted molar refractivity (Wildman–Crippen MR) is 88.6 cm³/mol. The van der Waals surface area contributed by atoms with Crippen molar-refractivity contribution in [1.29, 1.82) is 0 Å². The summed E-state index contributed by atoms with van der Waals surface area (Å²) in [4.78, 5) is 0. The summed E-state index contributed by atoms with van der Waals surface area (Å²) in [5.41, 5.74) is 3.75. The molecule has 1 saturated carbocycles. The van der Waals surface area contributed by atoms with Crippen molar-refractivity contribution in [3.63, 3.8) is 0 Å². The second-order valence-electron chi connectivity index (χ2n) is 5.80. The highest BCUT2D eigenvalue weighted by atomic mass is 16.5. The zero-order valence-electron chi connectivity index (χ0n) is 12.6. The van der Waals surface area contributed by atoms with Crippen LogP contribution in [0, 0.1) is 0 Å². The lowest BCUT2D eigenvalue weighted by Gasteiger charge is -2.29. The molecule has 2 nitrogen and oxygen atoms in total. The number of benzene rings is 2. The van der Waals surface area contributed by atoms with E-state index in [4.69, 9.17) is 4.74 Å². The minimum Gasteiger partial charge on any atom is -0.382 e. The highest BCUT2D eigenvalue weighted by Gasteiger charge is 2.20. The van der Waals surface area contributed by atoms with Gasteiger partial charge in [0.15, 0.2) is 0 Å². The topological polar surface area (TPSA) is 21.3 Å². The minimum absolute atomic E-state index is 0.462. The lowest BCUT2D eigenvalue weighted by molar-refractivity contribution is 0.0682. The summed E-state index contributed by atoms with van der Waals surface area (Å²) >= 11 is 0. The van der Waals surface area contributed by atoms with Crippen LogP contribution in [0.5, 0.6) is 0 Å². The molecule has 0 amide bonds. The monoisotopic (exact) mass is 281 g/mol. The lowest BCUT2D eigenvalue weighted by Crippen LogP contribution is -2.29. The highest BCUT2D eigenvalue weighted by Crippen LogP contribution is 2.25. The van der Waals surface area contributed by atoms with E-state index in [1.165, 1.54) is 29.7 Å². The summed E-state index contributed by atoms with van der Waals surface area (Å²) in [6.45, 7) is 0. The van der Waals surface area contributed by atoms with Gasteiger partial charge in [-0.2, -0.15) is 0 Å². The Morgan fingerprint density at radius 2 is 1.43 bits per heavy atom. The fourth-order valence-corrected chi connectivity index (χ4v) is 3.07. The van der Waals surface area contributed by atoms with E-state index in [-0.39, 0.29) is 0 Å². The maximum Gasteiger partial charge on any atom is 0.0572 e. The van der Waals surface area contributed by atoms with Crippen molar-refractivity contribution < 1.29 is 4.74 Å². The molecule has 0 aliphatic heterocycles. The first-order valence-electron chi connectivity index (χ1n) is 7.80. The number of rotatable bonds is 4. The van der Waals surface area contributed by atoms with Crippen LogP contribution < -0.4 is 5.32 Å². The molecule has 0 aromatic heterocycles. The van der Waals surface area contributed by atoms with Crippen molar-refractivity contribution in [2.24, 2.45) is 0 Å². The van der Waals surface area contributed by atoms with Crippen LogP contribution in [0.15, 0.2) is 54.6 Å². The molecule has 0 saturated heterocycles. The van der Waals surface area contributed by atoms with Crippen LogP contribution in [-0.2, 0) is 4.74 Å². The van der Waals surface area contributed by atoms with Gasteiger partial charge < -0.3 is 10.1 Å². The Morgan fingerprint density at radius 1 is 0.810 bits per heavy atom. The van der Waals surface area contributed by atoms with E-state index < -0.39 is 0 Å². The Labute approximate surface area is 127 Å². The molecule has 1 fully saturated rings. The zero-order valence-corrected chi connectivity index (χ0v) is 12.6. The fourth-order valence-electron chi connectivity index (χ4n) is 3.07. The van der Waals surface area contributed by atoms with Gasteiger partial charge in [-0.05, 0) is 48.9 Å². The van der Waals surface area contributed by atoms with Crippen molar-refractivity contribution >= 4 is 5.69 Å². The van der Waals surface area contributed by atoms with Crippen LogP contribution in [-0.4, -0.2) is 19.3 Å². The lowest BCUT2D eigenvalue weighted by atomic mass is 9.92. The summed E-state index contributed by atoms with van der Waals surface area (Å²) < 4.78 is 5.43. The first kappa shape index (κ1) is 14.2. The third kappa shape index (κ3) is 3.64. The van der Waals surface area contributed by atoms with Gasteiger partial charge in [-0.25, -0.2) is 0 Å². The van der Waals surface area contributed by atoms with Gasteiger partial charge in [0, 0.05) is 18.8 Å². The number of ether oxygens (including phenoxy) is 1. The number of hydrogen-bond donors (Lipinski definition) is 1. The normalized spacial score (nSPS) is 22.0. The predicted octanol–water partition coefficient (Wildman–Crippen LogP) is 4.72. The maximum atomic E-state index is 5.43. The summed E-state index contributed by atoms with van der Waals surface area (Å²) in [6.07, 6.45) is 5.17. The number of methoxy groups -OCH3 is 1. The fraction of sp³-hybridized carbons (Fsp3) is 0.368. The molecular formula is C19H23NO. The van der Waals surface area contributed by atoms with Crippen molar-refractivity contribution in [1.82, 2.24) is 0 Å². The molecule has 3 rings (SSSR count). The maximum absolute atomic E-state index is 5.43. The summed E-state index contributed by atoms with van der Waals surface area (Å²) in [7, 11) is 1.82. The number of hydrogen-bond acceptors (Lipinski definition) is 2. The second kappa shape index (κ2) is 6.77. The largest absolute Gasteiger partial charge is 0.382 e. The zero-order chi connectivity index (χ0) is 14.5. The van der Waals surface area contributed by atoms with E-state index in [0.29, 0.717) is 12.1 Å². The average Bonchev–Trinajstić information content (AvgIpc) is 2.57. The van der Waals surface area contributed by atoms with E-state index in [1.54, 1.807) is 0 Å². The van der Waals surface area contributed by atoms with Gasteiger partial charge in [0.1, 0.15) is 0 Å². The smallest absolute Gasteiger partial charge is 0.0572 e. The number of nitrogens with one attached hydrogen (secondary N) is 1. The molecule has 0 unspecified atom stereocenters. The molecule has 1 aliphatic rings. The molecule has 2 heteroatoms. The van der Waals surface area contributed by atoms with Gasteiger partial charge in [-0.3, -0.25) is 0 Å². The van der Waals surface area contributed by atoms with Crippen LogP contribution >= 0.6 is 0 Å². The van der Waals surface area contributed by atoms with Crippen molar-refractivity contribution in [2.75, 3.05) is 12.4 Å². The van der Waals surface area contributed by atoms with Crippen LogP contribution in [0.3, 0.4) is 0 Å². The Balaban J connectivity index is 1.60. The van der Waals surface area contributed by atoms with Gasteiger partial charge >= 0.3 is 0 Å². The van der Waals surface area contributed by atoms with Crippen LogP contribution in [0.2, 0.25) is 0 Å². The molecule has 110 valence electrons. The molecule has 1 N–H and O–H groups in total. The molecular weight excluding hydrogens is 258 g/mol. The molecule has 21 heavy (non-hydrogen) atoms. The van der Waals surface area contributed by atoms with Crippen molar-refractivity contribution in [3.05, 3.63) is 54.6 Å². The molecule has 2 aromatic rings. The Morgan fingerprint density at radius 3 is 2.05 bits per heavy atom.